The quantitative estimate of drug-likeness (QED) is 0.189. The summed E-state index contributed by atoms with van der Waals surface area (Å²) in [6, 6.07) is 14.6. The predicted molar refractivity (Wildman–Crippen MR) is 163 cm³/mol. The Morgan fingerprint density at radius 3 is 2.37 bits per heavy atom. The molecule has 0 aliphatic carbocycles. The molecule has 1 amide bonds. The molecule has 1 aliphatic heterocycles. The van der Waals surface area contributed by atoms with E-state index in [-0.39, 0.29) is 22.4 Å². The maximum atomic E-state index is 13.5. The Labute approximate surface area is 243 Å². The Kier molecular flexibility index (Phi) is 10.0. The van der Waals surface area contributed by atoms with Crippen molar-refractivity contribution in [2.75, 3.05) is 57.9 Å². The summed E-state index contributed by atoms with van der Waals surface area (Å²) >= 11 is 0. The molecule has 0 unspecified atom stereocenters. The van der Waals surface area contributed by atoms with Crippen molar-refractivity contribution in [3.8, 4) is 11.5 Å². The van der Waals surface area contributed by atoms with Crippen molar-refractivity contribution in [3.63, 3.8) is 0 Å². The van der Waals surface area contributed by atoms with E-state index >= 15 is 0 Å². The number of rotatable bonds is 11. The first-order valence-corrected chi connectivity index (χ1v) is 14.5. The molecule has 0 aromatic heterocycles. The zero-order chi connectivity index (χ0) is 29.6. The van der Waals surface area contributed by atoms with Gasteiger partial charge in [0.15, 0.2) is 0 Å². The third-order valence-corrected chi connectivity index (χ3v) is 7.70. The molecule has 0 spiro atoms. The van der Waals surface area contributed by atoms with Gasteiger partial charge >= 0.3 is 0 Å². The second-order valence-electron chi connectivity index (χ2n) is 11.5. The number of fused-ring (bicyclic) bond motifs is 1. The van der Waals surface area contributed by atoms with E-state index in [0.29, 0.717) is 29.9 Å². The number of morpholine rings is 1. The fourth-order valence-electron chi connectivity index (χ4n) is 5.04. The lowest BCUT2D eigenvalue weighted by Gasteiger charge is -2.26. The van der Waals surface area contributed by atoms with E-state index in [1.807, 2.05) is 30.3 Å². The number of carbonyl (C=O) groups is 2. The number of nitrogens with one attached hydrogen (secondary N) is 1. The van der Waals surface area contributed by atoms with Crippen LogP contribution in [0.25, 0.3) is 10.8 Å². The fourth-order valence-corrected chi connectivity index (χ4v) is 5.04. The van der Waals surface area contributed by atoms with Crippen LogP contribution in [-0.2, 0) is 21.5 Å². The van der Waals surface area contributed by atoms with Gasteiger partial charge in [-0.05, 0) is 47.7 Å². The molecular formula is C33H43N3O5. The highest BCUT2D eigenvalue weighted by Gasteiger charge is 2.24. The second kappa shape index (κ2) is 13.5. The molecule has 1 fully saturated rings. The maximum absolute atomic E-state index is 13.5. The lowest BCUT2D eigenvalue weighted by molar-refractivity contribution is -0.112. The average Bonchev–Trinajstić information content (AvgIpc) is 2.97. The summed E-state index contributed by atoms with van der Waals surface area (Å²) in [5.41, 5.74) is 1.99. The molecule has 0 atom stereocenters. The number of benzene rings is 3. The fraction of sp³-hybridized carbons (Fsp3) is 0.455. The van der Waals surface area contributed by atoms with E-state index in [9.17, 15) is 14.7 Å². The number of nitrogens with zero attached hydrogens (tertiary/aromatic N) is 2. The molecule has 1 saturated heterocycles. The zero-order valence-electron chi connectivity index (χ0n) is 25.0. The minimum Gasteiger partial charge on any atom is -0.505 e. The van der Waals surface area contributed by atoms with Gasteiger partial charge in [0.1, 0.15) is 18.1 Å². The smallest absolute Gasteiger partial charge is 0.296 e. The molecule has 220 valence electrons. The predicted octanol–water partition coefficient (Wildman–Crippen LogP) is 5.22. The van der Waals surface area contributed by atoms with E-state index in [1.54, 1.807) is 18.2 Å². The van der Waals surface area contributed by atoms with Gasteiger partial charge < -0.3 is 19.9 Å². The van der Waals surface area contributed by atoms with Crippen molar-refractivity contribution in [2.24, 2.45) is 0 Å². The van der Waals surface area contributed by atoms with Crippen LogP contribution in [0, 0.1) is 0 Å². The van der Waals surface area contributed by atoms with Crippen LogP contribution in [0.2, 0.25) is 0 Å². The Morgan fingerprint density at radius 1 is 1.02 bits per heavy atom. The Bertz CT molecular complexity index is 1370. The monoisotopic (exact) mass is 561 g/mol. The summed E-state index contributed by atoms with van der Waals surface area (Å²) in [5, 5.41) is 15.3. The van der Waals surface area contributed by atoms with Crippen molar-refractivity contribution < 1.29 is 24.2 Å². The third-order valence-electron chi connectivity index (χ3n) is 7.70. The van der Waals surface area contributed by atoms with Crippen LogP contribution in [0.4, 0.5) is 5.69 Å². The molecule has 41 heavy (non-hydrogen) atoms. The molecule has 1 heterocycles. The molecule has 3 aromatic carbocycles. The Morgan fingerprint density at radius 2 is 1.71 bits per heavy atom. The number of aromatic hydroxyl groups is 1. The average molecular weight is 562 g/mol. The molecule has 0 saturated carbocycles. The normalized spacial score (nSPS) is 14.4. The summed E-state index contributed by atoms with van der Waals surface area (Å²) in [4.78, 5) is 31.3. The molecule has 4 rings (SSSR count). The van der Waals surface area contributed by atoms with Crippen LogP contribution < -0.4 is 10.1 Å². The van der Waals surface area contributed by atoms with Gasteiger partial charge in [0.05, 0.1) is 18.9 Å². The minimum absolute atomic E-state index is 0.0140. The third kappa shape index (κ3) is 7.44. The van der Waals surface area contributed by atoms with E-state index in [4.69, 9.17) is 9.47 Å². The van der Waals surface area contributed by atoms with E-state index in [2.05, 4.69) is 49.7 Å². The molecule has 1 aliphatic rings. The van der Waals surface area contributed by atoms with Gasteiger partial charge in [-0.1, -0.05) is 65.0 Å². The summed E-state index contributed by atoms with van der Waals surface area (Å²) in [7, 11) is 0. The number of hydrogen-bond acceptors (Lipinski definition) is 7. The number of phenols is 1. The molecule has 8 nitrogen and oxygen atoms in total. The molecule has 8 heteroatoms. The van der Waals surface area contributed by atoms with Crippen LogP contribution in [0.15, 0.2) is 48.5 Å². The summed E-state index contributed by atoms with van der Waals surface area (Å²) in [6.07, 6.45) is 0. The van der Waals surface area contributed by atoms with E-state index < -0.39 is 11.7 Å². The first-order valence-electron chi connectivity index (χ1n) is 14.5. The van der Waals surface area contributed by atoms with E-state index in [0.717, 1.165) is 56.9 Å². The van der Waals surface area contributed by atoms with Crippen molar-refractivity contribution in [2.45, 2.75) is 46.6 Å². The Balaban J connectivity index is 1.57. The summed E-state index contributed by atoms with van der Waals surface area (Å²) in [6.45, 7) is 17.1. The van der Waals surface area contributed by atoms with Gasteiger partial charge in [0, 0.05) is 42.7 Å². The summed E-state index contributed by atoms with van der Waals surface area (Å²) in [5.74, 6) is -0.819. The first kappa shape index (κ1) is 30.5. The summed E-state index contributed by atoms with van der Waals surface area (Å²) < 4.78 is 11.5. The van der Waals surface area contributed by atoms with Crippen LogP contribution in [0.5, 0.6) is 11.5 Å². The van der Waals surface area contributed by atoms with Crippen LogP contribution in [0.3, 0.4) is 0 Å². The number of amides is 1. The maximum Gasteiger partial charge on any atom is 0.296 e. The highest BCUT2D eigenvalue weighted by atomic mass is 16.5. The van der Waals surface area contributed by atoms with Crippen LogP contribution in [0.1, 0.15) is 56.1 Å². The van der Waals surface area contributed by atoms with Crippen LogP contribution >= 0.6 is 0 Å². The van der Waals surface area contributed by atoms with Crippen molar-refractivity contribution in [1.29, 1.82) is 0 Å². The highest BCUT2D eigenvalue weighted by molar-refractivity contribution is 6.48. The number of carbonyl (C=O) groups excluding carboxylic acids is 2. The number of ketones is 1. The van der Waals surface area contributed by atoms with Gasteiger partial charge in [-0.25, -0.2) is 0 Å². The number of phenolic OH excluding ortho intramolecular Hbond substituents is 1. The molecule has 3 aromatic rings. The van der Waals surface area contributed by atoms with Crippen molar-refractivity contribution >= 4 is 28.2 Å². The molecule has 2 N–H and O–H groups in total. The number of ether oxygens (including phenoxy) is 2. The number of anilines is 1. The topological polar surface area (TPSA) is 91.3 Å². The van der Waals surface area contributed by atoms with Gasteiger partial charge in [-0.15, -0.1) is 0 Å². The zero-order valence-corrected chi connectivity index (χ0v) is 25.0. The number of Topliss-reactive ketones (excluding diaryl/α,β-unsaturated/α-hetero) is 1. The molecular weight excluding hydrogens is 518 g/mol. The van der Waals surface area contributed by atoms with Crippen molar-refractivity contribution in [3.05, 3.63) is 65.2 Å². The van der Waals surface area contributed by atoms with Gasteiger partial charge in [-0.3, -0.25) is 19.4 Å². The SMILES string of the molecule is CCN(CC)Cc1cc(C(C)(C)C)cc(NC(=O)C(=O)c2ccc(OCCN3CCOCC3)c3ccccc23)c1O. The number of hydrogen-bond donors (Lipinski definition) is 2. The lowest BCUT2D eigenvalue weighted by atomic mass is 9.85. The highest BCUT2D eigenvalue weighted by Crippen LogP contribution is 2.36. The van der Waals surface area contributed by atoms with Gasteiger partial charge in [-0.2, -0.15) is 0 Å². The molecule has 0 radical (unpaired) electrons. The largest absolute Gasteiger partial charge is 0.505 e. The van der Waals surface area contributed by atoms with Crippen LogP contribution in [-0.4, -0.2) is 79.1 Å². The minimum atomic E-state index is -0.800. The Hall–Kier alpha value is -3.46. The van der Waals surface area contributed by atoms with Gasteiger partial charge in [0.25, 0.3) is 11.7 Å². The lowest BCUT2D eigenvalue weighted by Crippen LogP contribution is -2.38. The van der Waals surface area contributed by atoms with E-state index in [1.165, 1.54) is 0 Å². The van der Waals surface area contributed by atoms with Crippen molar-refractivity contribution in [1.82, 2.24) is 9.80 Å². The second-order valence-corrected chi connectivity index (χ2v) is 11.5. The first-order chi connectivity index (χ1) is 19.6. The molecule has 0 bridgehead atoms. The van der Waals surface area contributed by atoms with Gasteiger partial charge in [0.2, 0.25) is 0 Å². The standard InChI is InChI=1S/C33H43N3O5/c1-6-35(7-2)22-23-20-24(33(3,4)5)21-28(30(23)37)34-32(39)31(38)27-12-13-29(26-11-9-8-10-25(26)27)41-19-16-36-14-17-40-18-15-36/h8-13,20-21,37H,6-7,14-19,22H2,1-5H3,(H,34,39).